The Morgan fingerprint density at radius 2 is 1.33 bits per heavy atom. The van der Waals surface area contributed by atoms with E-state index in [4.69, 9.17) is 4.74 Å². The zero-order valence-electron chi connectivity index (χ0n) is 27.6. The number of esters is 1. The molecule has 49 heavy (non-hydrogen) atoms. The number of hydrogen-bond donors (Lipinski definition) is 5. The van der Waals surface area contributed by atoms with Crippen molar-refractivity contribution in [3.05, 3.63) is 142 Å². The smallest absolute Gasteiger partial charge is 0.336 e. The van der Waals surface area contributed by atoms with E-state index in [0.29, 0.717) is 29.3 Å². The molecule has 2 aliphatic heterocycles. The van der Waals surface area contributed by atoms with E-state index in [1.165, 1.54) is 0 Å². The van der Waals surface area contributed by atoms with E-state index in [-0.39, 0.29) is 17.8 Å². The molecule has 4 aromatic carbocycles. The Morgan fingerprint density at radius 1 is 0.735 bits per heavy atom. The van der Waals surface area contributed by atoms with Crippen LogP contribution in [0.5, 0.6) is 0 Å². The molecular formula is C39H36N6O4. The number of carbonyl (C=O) groups excluding carboxylic acids is 1. The van der Waals surface area contributed by atoms with Crippen molar-refractivity contribution in [2.45, 2.75) is 39.5 Å². The highest BCUT2D eigenvalue weighted by molar-refractivity contribution is 5.98. The number of fused-ring (bicyclic) bond motifs is 4. The predicted octanol–water partition coefficient (Wildman–Crippen LogP) is 7.74. The number of nitrogens with one attached hydrogen (secondary N) is 4. The van der Waals surface area contributed by atoms with Crippen LogP contribution >= 0.6 is 0 Å². The van der Waals surface area contributed by atoms with Gasteiger partial charge in [-0.15, -0.1) is 0 Å². The summed E-state index contributed by atoms with van der Waals surface area (Å²) in [6.07, 6.45) is 1.78. The molecule has 2 atom stereocenters. The highest BCUT2D eigenvalue weighted by Crippen LogP contribution is 2.45. The van der Waals surface area contributed by atoms with Crippen LogP contribution in [-0.4, -0.2) is 44.0 Å². The zero-order chi connectivity index (χ0) is 34.2. The van der Waals surface area contributed by atoms with Crippen LogP contribution in [0, 0.1) is 6.92 Å². The van der Waals surface area contributed by atoms with Crippen molar-refractivity contribution in [3.8, 4) is 0 Å². The van der Waals surface area contributed by atoms with E-state index >= 15 is 0 Å². The van der Waals surface area contributed by atoms with Gasteiger partial charge in [0.15, 0.2) is 5.82 Å². The molecule has 5 N–H and O–H groups in total. The van der Waals surface area contributed by atoms with Crippen molar-refractivity contribution < 1.29 is 19.4 Å². The summed E-state index contributed by atoms with van der Waals surface area (Å²) < 4.78 is 5.34. The summed E-state index contributed by atoms with van der Waals surface area (Å²) in [7, 11) is 0. The molecular weight excluding hydrogens is 616 g/mol. The van der Waals surface area contributed by atoms with Crippen molar-refractivity contribution >= 4 is 45.1 Å². The fourth-order valence-electron chi connectivity index (χ4n) is 7.14. The van der Waals surface area contributed by atoms with Gasteiger partial charge in [0, 0.05) is 40.1 Å². The number of rotatable bonds is 5. The lowest BCUT2D eigenvalue weighted by Crippen LogP contribution is -2.24. The molecule has 0 fully saturated rings. The molecule has 10 nitrogen and oxygen atoms in total. The Morgan fingerprint density at radius 3 is 1.96 bits per heavy atom. The second-order valence-corrected chi connectivity index (χ2v) is 12.2. The van der Waals surface area contributed by atoms with Crippen LogP contribution in [0.4, 0.5) is 11.6 Å². The molecule has 2 aliphatic rings. The lowest BCUT2D eigenvalue weighted by atomic mass is 9.80. The number of hydrogen-bond acceptors (Lipinski definition) is 7. The molecule has 0 aliphatic carbocycles. The molecule has 8 rings (SSSR count). The average Bonchev–Trinajstić information content (AvgIpc) is 3.72. The van der Waals surface area contributed by atoms with E-state index in [2.05, 4.69) is 55.3 Å². The van der Waals surface area contributed by atoms with Crippen molar-refractivity contribution in [3.63, 3.8) is 0 Å². The molecule has 0 saturated heterocycles. The number of carboxylic acid groups (broad SMARTS) is 1. The lowest BCUT2D eigenvalue weighted by molar-refractivity contribution is -0.139. The number of carboxylic acids is 1. The first-order valence-electron chi connectivity index (χ1n) is 16.2. The minimum atomic E-state index is -0.913. The first kappa shape index (κ1) is 31.4. The molecule has 0 saturated carbocycles. The Balaban J connectivity index is 0.000000154. The number of ether oxygens (including phenoxy) is 1. The molecule has 6 aromatic rings. The van der Waals surface area contributed by atoms with Gasteiger partial charge >= 0.3 is 11.9 Å². The van der Waals surface area contributed by atoms with Crippen molar-refractivity contribution in [2.24, 2.45) is 0 Å². The van der Waals surface area contributed by atoms with E-state index in [0.717, 1.165) is 61.0 Å². The van der Waals surface area contributed by atoms with E-state index in [1.54, 1.807) is 13.1 Å². The molecule has 0 bridgehead atoms. The maximum atomic E-state index is 12.7. The van der Waals surface area contributed by atoms with E-state index in [1.807, 2.05) is 81.4 Å². The molecule has 2 aromatic heterocycles. The summed E-state index contributed by atoms with van der Waals surface area (Å²) in [6, 6.07) is 28.5. The number of allylic oxidation sites excluding steroid dienone is 2. The zero-order valence-corrected chi connectivity index (χ0v) is 27.6. The van der Waals surface area contributed by atoms with Crippen LogP contribution in [-0.2, 0) is 14.3 Å². The first-order chi connectivity index (χ1) is 23.8. The summed E-state index contributed by atoms with van der Waals surface area (Å²) in [5.74, 6) is -0.262. The Labute approximate surface area is 282 Å². The summed E-state index contributed by atoms with van der Waals surface area (Å²) in [5, 5.41) is 35.0. The van der Waals surface area contributed by atoms with Gasteiger partial charge in [0.05, 0.1) is 23.9 Å². The van der Waals surface area contributed by atoms with Crippen molar-refractivity contribution in [2.75, 3.05) is 17.2 Å². The lowest BCUT2D eigenvalue weighted by Gasteiger charge is -2.28. The SMILES string of the molecule is CC1=C(C(=O)O)C(c2cccc3ccccc23)c2c(n[nH]c2C)N1.CCOC(=O)C1=C(C)Nc2[nH]ncc2C1c1cccc2ccccc12. The third-order valence-electron chi connectivity index (χ3n) is 9.26. The monoisotopic (exact) mass is 652 g/mol. The second-order valence-electron chi connectivity index (χ2n) is 12.2. The number of carbonyl (C=O) groups is 2. The minimum absolute atomic E-state index is 0.222. The standard InChI is InChI=1S/C20H19N3O2.C19H17N3O2/c1-3-25-20(24)17-12(2)22-19-16(11-21-23-19)18(17)15-10-6-8-13-7-4-5-9-14(13)15;1-10-16(19(23)24)17(15-11(2)21-22-18(15)20-10)14-9-5-7-12-6-3-4-8-13(12)14/h4-11,18H,3H2,1-2H3,(H2,21,22,23);3-9,17H,1-2H3,(H,23,24)(H2,20,21,22). The van der Waals surface area contributed by atoms with E-state index < -0.39 is 5.97 Å². The van der Waals surface area contributed by atoms with Gasteiger partial charge < -0.3 is 20.5 Å². The predicted molar refractivity (Wildman–Crippen MR) is 190 cm³/mol. The Hall–Kier alpha value is -6.16. The number of aromatic nitrogens is 4. The number of aromatic amines is 2. The van der Waals surface area contributed by atoms with Gasteiger partial charge in [0.2, 0.25) is 0 Å². The maximum Gasteiger partial charge on any atom is 0.336 e. The normalized spacial score (nSPS) is 16.7. The summed E-state index contributed by atoms with van der Waals surface area (Å²) in [4.78, 5) is 24.7. The fraction of sp³-hybridized carbons (Fsp3) is 0.179. The molecule has 0 amide bonds. The second kappa shape index (κ2) is 12.8. The summed E-state index contributed by atoms with van der Waals surface area (Å²) >= 11 is 0. The quantitative estimate of drug-likeness (QED) is 0.119. The minimum Gasteiger partial charge on any atom is -0.478 e. The number of nitrogens with zero attached hydrogens (tertiary/aromatic N) is 2. The molecule has 2 unspecified atom stereocenters. The Bertz CT molecular complexity index is 2300. The van der Waals surface area contributed by atoms with Gasteiger partial charge in [0.25, 0.3) is 0 Å². The van der Waals surface area contributed by atoms with Gasteiger partial charge in [0.1, 0.15) is 5.82 Å². The van der Waals surface area contributed by atoms with Gasteiger partial charge in [-0.25, -0.2) is 9.59 Å². The highest BCUT2D eigenvalue weighted by atomic mass is 16.5. The Kier molecular flexibility index (Phi) is 8.21. The highest BCUT2D eigenvalue weighted by Gasteiger charge is 2.37. The molecule has 0 radical (unpaired) electrons. The molecule has 10 heteroatoms. The molecule has 246 valence electrons. The number of aliphatic carboxylic acids is 1. The first-order valence-corrected chi connectivity index (χ1v) is 16.2. The van der Waals surface area contributed by atoms with Gasteiger partial charge in [-0.3, -0.25) is 10.2 Å². The number of benzene rings is 4. The van der Waals surface area contributed by atoms with Crippen LogP contribution in [0.2, 0.25) is 0 Å². The third kappa shape index (κ3) is 5.50. The fourth-order valence-corrected chi connectivity index (χ4v) is 7.14. The van der Waals surface area contributed by atoms with Gasteiger partial charge in [-0.2, -0.15) is 10.2 Å². The van der Waals surface area contributed by atoms with Crippen LogP contribution in [0.1, 0.15) is 60.6 Å². The van der Waals surface area contributed by atoms with Gasteiger partial charge in [-0.05, 0) is 60.4 Å². The molecule has 4 heterocycles. The summed E-state index contributed by atoms with van der Waals surface area (Å²) in [5.41, 5.74) is 7.19. The van der Waals surface area contributed by atoms with Crippen LogP contribution in [0.15, 0.2) is 114 Å². The summed E-state index contributed by atoms with van der Waals surface area (Å²) in [6.45, 7) is 7.77. The topological polar surface area (TPSA) is 145 Å². The largest absolute Gasteiger partial charge is 0.478 e. The number of anilines is 2. The maximum absolute atomic E-state index is 12.7. The van der Waals surface area contributed by atoms with Gasteiger partial charge in [-0.1, -0.05) is 84.9 Å². The van der Waals surface area contributed by atoms with Crippen molar-refractivity contribution in [1.29, 1.82) is 0 Å². The number of H-pyrrole nitrogens is 2. The third-order valence-corrected chi connectivity index (χ3v) is 9.26. The van der Waals surface area contributed by atoms with Crippen LogP contribution in [0.3, 0.4) is 0 Å². The van der Waals surface area contributed by atoms with Crippen molar-refractivity contribution in [1.82, 2.24) is 20.4 Å². The van der Waals surface area contributed by atoms with Crippen LogP contribution < -0.4 is 10.6 Å². The molecule has 0 spiro atoms. The average molecular weight is 653 g/mol. The van der Waals surface area contributed by atoms with E-state index in [9.17, 15) is 14.7 Å². The number of aryl methyl sites for hydroxylation is 1. The van der Waals surface area contributed by atoms with Crippen LogP contribution in [0.25, 0.3) is 21.5 Å².